The van der Waals surface area contributed by atoms with Gasteiger partial charge in [-0.1, -0.05) is 6.07 Å². The van der Waals surface area contributed by atoms with Gasteiger partial charge in [-0.15, -0.1) is 0 Å². The fraction of sp³-hybridized carbons (Fsp3) is 0.579. The van der Waals surface area contributed by atoms with Gasteiger partial charge in [-0.2, -0.15) is 0 Å². The molecule has 0 aliphatic carbocycles. The van der Waals surface area contributed by atoms with Crippen molar-refractivity contribution < 1.29 is 24.5 Å². The summed E-state index contributed by atoms with van der Waals surface area (Å²) in [6.07, 6.45) is 0.345. The summed E-state index contributed by atoms with van der Waals surface area (Å²) in [5, 5.41) is 19.7. The average Bonchev–Trinajstić information content (AvgIpc) is 2.99. The molecule has 7 heteroatoms. The van der Waals surface area contributed by atoms with Crippen LogP contribution in [0.4, 0.5) is 4.79 Å². The first-order chi connectivity index (χ1) is 12.4. The summed E-state index contributed by atoms with van der Waals surface area (Å²) in [5.41, 5.74) is 3.25. The van der Waals surface area contributed by atoms with E-state index in [9.17, 15) is 14.7 Å². The summed E-state index contributed by atoms with van der Waals surface area (Å²) in [4.78, 5) is 26.1. The maximum absolute atomic E-state index is 11.6. The Bertz CT molecular complexity index is 697. The third-order valence-corrected chi connectivity index (χ3v) is 5.56. The van der Waals surface area contributed by atoms with E-state index in [1.54, 1.807) is 13.1 Å². The number of likely N-dealkylation sites (tertiary alicyclic amines) is 1. The Balaban J connectivity index is 1.56. The molecule has 26 heavy (non-hydrogen) atoms. The van der Waals surface area contributed by atoms with Gasteiger partial charge < -0.3 is 24.7 Å². The van der Waals surface area contributed by atoms with E-state index in [0.717, 1.165) is 42.6 Å². The second-order valence-corrected chi connectivity index (χ2v) is 7.30. The second kappa shape index (κ2) is 7.63. The van der Waals surface area contributed by atoms with Crippen LogP contribution in [0.3, 0.4) is 0 Å². The number of cyclic esters (lactones) is 1. The van der Waals surface area contributed by atoms with Gasteiger partial charge in [0.1, 0.15) is 6.61 Å². The first kappa shape index (κ1) is 18.7. The van der Waals surface area contributed by atoms with E-state index in [4.69, 9.17) is 9.84 Å². The van der Waals surface area contributed by atoms with E-state index in [1.807, 2.05) is 13.0 Å². The Hall–Kier alpha value is -2.12. The van der Waals surface area contributed by atoms with Gasteiger partial charge in [-0.3, -0.25) is 0 Å². The number of hydrogen-bond donors (Lipinski definition) is 2. The Kier molecular flexibility index (Phi) is 5.48. The summed E-state index contributed by atoms with van der Waals surface area (Å²) in [5.74, 6) is 0.0759. The average molecular weight is 362 g/mol. The van der Waals surface area contributed by atoms with E-state index in [1.165, 1.54) is 4.90 Å². The molecule has 1 fully saturated rings. The van der Waals surface area contributed by atoms with Crippen molar-refractivity contribution in [2.45, 2.75) is 32.5 Å². The Labute approximate surface area is 153 Å². The molecule has 2 aliphatic heterocycles. The number of hydrogen-bond acceptors (Lipinski definition) is 5. The largest absolute Gasteiger partial charge is 0.465 e. The van der Waals surface area contributed by atoms with Crippen LogP contribution < -0.4 is 0 Å². The molecule has 1 atom stereocenters. The molecule has 0 spiro atoms. The number of β-amino-alcohol motifs (C(OH)–C–C–N with tert-alkyl or cyclic N) is 1. The number of carbonyl (C=O) groups excluding carboxylic acids is 1. The second-order valence-electron chi connectivity index (χ2n) is 7.30. The number of carbonyl (C=O) groups is 2. The predicted octanol–water partition coefficient (Wildman–Crippen LogP) is 2.02. The lowest BCUT2D eigenvalue weighted by Crippen LogP contribution is -2.40. The van der Waals surface area contributed by atoms with Gasteiger partial charge in [0.25, 0.3) is 0 Å². The van der Waals surface area contributed by atoms with Gasteiger partial charge in [0.2, 0.25) is 0 Å². The summed E-state index contributed by atoms with van der Waals surface area (Å²) in [7, 11) is 1.60. The number of aliphatic hydroxyl groups is 1. The number of piperidine rings is 1. The van der Waals surface area contributed by atoms with E-state index < -0.39 is 12.2 Å². The minimum absolute atomic E-state index is 0.281. The van der Waals surface area contributed by atoms with Crippen LogP contribution in [0.1, 0.15) is 46.0 Å². The third kappa shape index (κ3) is 3.83. The smallest absolute Gasteiger partial charge is 0.407 e. The maximum Gasteiger partial charge on any atom is 0.407 e. The molecule has 1 aromatic rings. The van der Waals surface area contributed by atoms with Crippen LogP contribution in [-0.4, -0.2) is 65.3 Å². The molecule has 3 rings (SSSR count). The lowest BCUT2D eigenvalue weighted by molar-refractivity contribution is 0.0535. The van der Waals surface area contributed by atoms with Crippen molar-refractivity contribution in [2.24, 2.45) is 5.92 Å². The molecule has 1 amide bonds. The Morgan fingerprint density at radius 3 is 2.73 bits per heavy atom. The number of esters is 1. The molecule has 0 bridgehead atoms. The molecule has 142 valence electrons. The molecule has 2 N–H and O–H groups in total. The number of rotatable bonds is 5. The Morgan fingerprint density at radius 1 is 1.38 bits per heavy atom. The third-order valence-electron chi connectivity index (χ3n) is 5.56. The molecule has 2 aliphatic rings. The van der Waals surface area contributed by atoms with Gasteiger partial charge >= 0.3 is 12.1 Å². The zero-order chi connectivity index (χ0) is 18.8. The fourth-order valence-electron chi connectivity index (χ4n) is 3.89. The van der Waals surface area contributed by atoms with Crippen molar-refractivity contribution >= 4 is 12.1 Å². The highest BCUT2D eigenvalue weighted by molar-refractivity contribution is 5.93. The number of aliphatic hydroxyl groups excluding tert-OH is 1. The van der Waals surface area contributed by atoms with E-state index in [0.29, 0.717) is 24.6 Å². The molecule has 0 unspecified atom stereocenters. The van der Waals surface area contributed by atoms with Gasteiger partial charge in [0.15, 0.2) is 0 Å². The SMILES string of the molecule is Cc1c([C@@H](O)CN2CCC(CN(C)C(=O)O)CC2)ccc2c1COC2=O. The monoisotopic (exact) mass is 362 g/mol. The zero-order valence-electron chi connectivity index (χ0n) is 15.3. The minimum atomic E-state index is -0.891. The lowest BCUT2D eigenvalue weighted by atomic mass is 9.93. The van der Waals surface area contributed by atoms with Crippen LogP contribution in [-0.2, 0) is 11.3 Å². The summed E-state index contributed by atoms with van der Waals surface area (Å²) in [6.45, 7) is 5.00. The molecule has 0 radical (unpaired) electrons. The number of nitrogens with zero attached hydrogens (tertiary/aromatic N) is 2. The van der Waals surface area contributed by atoms with Crippen LogP contribution in [0.2, 0.25) is 0 Å². The molecule has 1 saturated heterocycles. The lowest BCUT2D eigenvalue weighted by Gasteiger charge is -2.34. The maximum atomic E-state index is 11.6. The van der Waals surface area contributed by atoms with E-state index in [2.05, 4.69) is 4.90 Å². The predicted molar refractivity (Wildman–Crippen MR) is 95.1 cm³/mol. The van der Waals surface area contributed by atoms with Crippen molar-refractivity contribution in [3.8, 4) is 0 Å². The molecular formula is C19H26N2O5. The van der Waals surface area contributed by atoms with Gasteiger partial charge in [0, 0.05) is 25.7 Å². The van der Waals surface area contributed by atoms with E-state index >= 15 is 0 Å². The van der Waals surface area contributed by atoms with Crippen LogP contribution in [0.15, 0.2) is 12.1 Å². The number of carboxylic acid groups (broad SMARTS) is 1. The highest BCUT2D eigenvalue weighted by Crippen LogP contribution is 2.30. The fourth-order valence-corrected chi connectivity index (χ4v) is 3.89. The van der Waals surface area contributed by atoms with Crippen molar-refractivity contribution in [1.29, 1.82) is 0 Å². The molecule has 1 aromatic carbocycles. The first-order valence-corrected chi connectivity index (χ1v) is 9.00. The molecule has 0 aromatic heterocycles. The van der Waals surface area contributed by atoms with Crippen LogP contribution >= 0.6 is 0 Å². The summed E-state index contributed by atoms with van der Waals surface area (Å²) < 4.78 is 5.07. The summed E-state index contributed by atoms with van der Waals surface area (Å²) >= 11 is 0. The van der Waals surface area contributed by atoms with Gasteiger partial charge in [0.05, 0.1) is 11.7 Å². The van der Waals surface area contributed by atoms with E-state index in [-0.39, 0.29) is 12.6 Å². The van der Waals surface area contributed by atoms with Crippen molar-refractivity contribution in [2.75, 3.05) is 33.2 Å². The van der Waals surface area contributed by atoms with Crippen molar-refractivity contribution in [3.05, 3.63) is 34.4 Å². The highest BCUT2D eigenvalue weighted by Gasteiger charge is 2.27. The van der Waals surface area contributed by atoms with Gasteiger partial charge in [-0.05, 0) is 56.0 Å². The first-order valence-electron chi connectivity index (χ1n) is 9.00. The van der Waals surface area contributed by atoms with Gasteiger partial charge in [-0.25, -0.2) is 9.59 Å². The molecular weight excluding hydrogens is 336 g/mol. The van der Waals surface area contributed by atoms with Crippen LogP contribution in [0.5, 0.6) is 0 Å². The standard InChI is InChI=1S/C19H26N2O5/c1-12-14(3-4-15-16(12)11-26-18(15)23)17(22)10-21-7-5-13(6-8-21)9-20(2)19(24)25/h3-4,13,17,22H,5-11H2,1-2H3,(H,24,25)/t17-/m0/s1. The Morgan fingerprint density at radius 2 is 2.08 bits per heavy atom. The zero-order valence-corrected chi connectivity index (χ0v) is 15.3. The topological polar surface area (TPSA) is 90.3 Å². The van der Waals surface area contributed by atoms with Crippen molar-refractivity contribution in [3.63, 3.8) is 0 Å². The number of benzene rings is 1. The molecule has 0 saturated carbocycles. The summed E-state index contributed by atoms with van der Waals surface area (Å²) in [6, 6.07) is 3.56. The van der Waals surface area contributed by atoms with Crippen LogP contribution in [0, 0.1) is 12.8 Å². The minimum Gasteiger partial charge on any atom is -0.465 e. The quantitative estimate of drug-likeness (QED) is 0.779. The molecule has 7 nitrogen and oxygen atoms in total. The normalized spacial score (nSPS) is 19.1. The number of fused-ring (bicyclic) bond motifs is 1. The van der Waals surface area contributed by atoms with Crippen LogP contribution in [0.25, 0.3) is 0 Å². The van der Waals surface area contributed by atoms with Crippen molar-refractivity contribution in [1.82, 2.24) is 9.80 Å². The number of ether oxygens (including phenoxy) is 1. The highest BCUT2D eigenvalue weighted by atomic mass is 16.5. The number of amides is 1. The molecule has 2 heterocycles.